The van der Waals surface area contributed by atoms with Crippen LogP contribution >= 0.6 is 11.8 Å². The molecule has 2 N–H and O–H groups in total. The molecule has 0 aliphatic rings. The summed E-state index contributed by atoms with van der Waals surface area (Å²) >= 11 is 1.29. The Hall–Kier alpha value is -3.07. The van der Waals surface area contributed by atoms with Crippen LogP contribution in [-0.2, 0) is 11.8 Å². The van der Waals surface area contributed by atoms with Crippen molar-refractivity contribution in [3.8, 4) is 0 Å². The van der Waals surface area contributed by atoms with Crippen molar-refractivity contribution in [1.29, 1.82) is 0 Å². The normalized spacial score (nSPS) is 11.8. The number of furan rings is 1. The lowest BCUT2D eigenvalue weighted by atomic mass is 10.1. The van der Waals surface area contributed by atoms with Gasteiger partial charge in [-0.3, -0.25) is 9.59 Å². The third kappa shape index (κ3) is 5.01. The van der Waals surface area contributed by atoms with E-state index in [1.165, 1.54) is 11.8 Å². The molecule has 2 aromatic heterocycles. The maximum atomic E-state index is 12.5. The van der Waals surface area contributed by atoms with Gasteiger partial charge in [0.15, 0.2) is 5.16 Å². The lowest BCUT2D eigenvalue weighted by molar-refractivity contribution is -0.113. The van der Waals surface area contributed by atoms with Crippen LogP contribution in [0, 0.1) is 6.92 Å². The van der Waals surface area contributed by atoms with Gasteiger partial charge < -0.3 is 19.6 Å². The summed E-state index contributed by atoms with van der Waals surface area (Å²) < 4.78 is 7.28. The summed E-state index contributed by atoms with van der Waals surface area (Å²) in [6, 6.07) is 10.2. The number of carbonyl (C=O) groups excluding carboxylic acids is 2. The Labute approximate surface area is 166 Å². The highest BCUT2D eigenvalue weighted by Gasteiger charge is 2.15. The topological polar surface area (TPSA) is 102 Å². The predicted molar refractivity (Wildman–Crippen MR) is 106 cm³/mol. The summed E-state index contributed by atoms with van der Waals surface area (Å²) in [6.07, 6.45) is 1.58. The van der Waals surface area contributed by atoms with E-state index < -0.39 is 0 Å². The molecule has 0 bridgehead atoms. The van der Waals surface area contributed by atoms with Crippen molar-refractivity contribution in [3.63, 3.8) is 0 Å². The predicted octanol–water partition coefficient (Wildman–Crippen LogP) is 2.94. The number of benzene rings is 1. The van der Waals surface area contributed by atoms with Gasteiger partial charge in [0, 0.05) is 18.3 Å². The number of nitrogens with zero attached hydrogens (tertiary/aromatic N) is 3. The van der Waals surface area contributed by atoms with Crippen molar-refractivity contribution in [3.05, 3.63) is 59.8 Å². The van der Waals surface area contributed by atoms with E-state index in [2.05, 4.69) is 20.8 Å². The first-order chi connectivity index (χ1) is 13.4. The van der Waals surface area contributed by atoms with E-state index in [9.17, 15) is 9.59 Å². The van der Waals surface area contributed by atoms with Gasteiger partial charge >= 0.3 is 0 Å². The molecule has 3 rings (SSSR count). The van der Waals surface area contributed by atoms with Crippen LogP contribution in [0.25, 0.3) is 0 Å². The second-order valence-electron chi connectivity index (χ2n) is 6.29. The van der Waals surface area contributed by atoms with Crippen LogP contribution in [0.1, 0.15) is 34.8 Å². The molecular formula is C19H21N5O3S. The first kappa shape index (κ1) is 19.7. The van der Waals surface area contributed by atoms with E-state index in [0.29, 0.717) is 22.2 Å². The van der Waals surface area contributed by atoms with Crippen LogP contribution in [0.4, 0.5) is 5.69 Å². The summed E-state index contributed by atoms with van der Waals surface area (Å²) in [5, 5.41) is 14.0. The molecule has 0 saturated carbocycles. The summed E-state index contributed by atoms with van der Waals surface area (Å²) in [6.45, 7) is 3.71. The van der Waals surface area contributed by atoms with Gasteiger partial charge in [0.25, 0.3) is 5.91 Å². The first-order valence-corrected chi connectivity index (χ1v) is 9.65. The third-order valence-corrected chi connectivity index (χ3v) is 4.98. The Kier molecular flexibility index (Phi) is 6.15. The monoisotopic (exact) mass is 399 g/mol. The third-order valence-electron chi connectivity index (χ3n) is 3.95. The maximum absolute atomic E-state index is 12.5. The first-order valence-electron chi connectivity index (χ1n) is 8.66. The standard InChI is InChI=1S/C19H21N5O3S/c1-12-7-8-16(27-12)13(2)21-18(26)14-5-4-6-15(9-14)22-17(25)10-28-19-23-20-11-24(19)3/h4-9,11,13H,10H2,1-3H3,(H,21,26)(H,22,25). The minimum absolute atomic E-state index is 0.190. The Morgan fingerprint density at radius 1 is 1.29 bits per heavy atom. The minimum atomic E-state index is -0.262. The van der Waals surface area contributed by atoms with Crippen LogP contribution in [0.15, 0.2) is 52.3 Å². The van der Waals surface area contributed by atoms with Crippen molar-refractivity contribution >= 4 is 29.3 Å². The van der Waals surface area contributed by atoms with Crippen molar-refractivity contribution in [2.45, 2.75) is 25.0 Å². The smallest absolute Gasteiger partial charge is 0.251 e. The molecular weight excluding hydrogens is 378 g/mol. The number of thioether (sulfide) groups is 1. The van der Waals surface area contributed by atoms with E-state index in [-0.39, 0.29) is 23.6 Å². The highest BCUT2D eigenvalue weighted by molar-refractivity contribution is 7.99. The molecule has 1 unspecified atom stereocenters. The van der Waals surface area contributed by atoms with Crippen LogP contribution in [0.2, 0.25) is 0 Å². The SMILES string of the molecule is Cc1ccc(C(C)NC(=O)c2cccc(NC(=O)CSc3nncn3C)c2)o1. The minimum Gasteiger partial charge on any atom is -0.464 e. The Morgan fingerprint density at radius 2 is 2.11 bits per heavy atom. The summed E-state index contributed by atoms with van der Waals surface area (Å²) in [5.41, 5.74) is 1.01. The highest BCUT2D eigenvalue weighted by Crippen LogP contribution is 2.18. The number of amides is 2. The molecule has 0 aliphatic heterocycles. The number of aromatic nitrogens is 3. The van der Waals surface area contributed by atoms with Crippen molar-refractivity contribution in [2.24, 2.45) is 7.05 Å². The van der Waals surface area contributed by atoms with Gasteiger partial charge in [-0.05, 0) is 44.2 Å². The lowest BCUT2D eigenvalue weighted by Gasteiger charge is -2.12. The summed E-state index contributed by atoms with van der Waals surface area (Å²) in [7, 11) is 1.81. The molecule has 28 heavy (non-hydrogen) atoms. The number of aryl methyl sites for hydroxylation is 2. The Bertz CT molecular complexity index is 981. The zero-order chi connectivity index (χ0) is 20.1. The van der Waals surface area contributed by atoms with E-state index in [1.54, 1.807) is 35.2 Å². The summed E-state index contributed by atoms with van der Waals surface area (Å²) in [5.74, 6) is 1.24. The van der Waals surface area contributed by atoms with Crippen LogP contribution in [0.3, 0.4) is 0 Å². The highest BCUT2D eigenvalue weighted by atomic mass is 32.2. The zero-order valence-corrected chi connectivity index (χ0v) is 16.6. The number of nitrogens with one attached hydrogen (secondary N) is 2. The number of anilines is 1. The van der Waals surface area contributed by atoms with Gasteiger partial charge in [-0.15, -0.1) is 10.2 Å². The Morgan fingerprint density at radius 3 is 2.79 bits per heavy atom. The molecule has 0 radical (unpaired) electrons. The average Bonchev–Trinajstić information content (AvgIpc) is 3.28. The fraction of sp³-hybridized carbons (Fsp3) is 0.263. The number of hydrogen-bond donors (Lipinski definition) is 2. The van der Waals surface area contributed by atoms with Crippen LogP contribution in [-0.4, -0.2) is 32.3 Å². The molecule has 2 heterocycles. The lowest BCUT2D eigenvalue weighted by Crippen LogP contribution is -2.26. The number of carbonyl (C=O) groups is 2. The van der Waals surface area contributed by atoms with Gasteiger partial charge in [-0.1, -0.05) is 17.8 Å². The van der Waals surface area contributed by atoms with Crippen molar-refractivity contribution < 1.29 is 14.0 Å². The molecule has 1 atom stereocenters. The van der Waals surface area contributed by atoms with Crippen molar-refractivity contribution in [2.75, 3.05) is 11.1 Å². The zero-order valence-electron chi connectivity index (χ0n) is 15.8. The molecule has 0 saturated heterocycles. The number of rotatable bonds is 7. The Balaban J connectivity index is 1.57. The van der Waals surface area contributed by atoms with Crippen LogP contribution < -0.4 is 10.6 Å². The molecule has 2 amide bonds. The second kappa shape index (κ2) is 8.75. The molecule has 3 aromatic rings. The second-order valence-corrected chi connectivity index (χ2v) is 7.23. The molecule has 1 aromatic carbocycles. The fourth-order valence-corrected chi connectivity index (χ4v) is 3.19. The van der Waals surface area contributed by atoms with Gasteiger partial charge in [-0.2, -0.15) is 0 Å². The molecule has 0 aliphatic carbocycles. The van der Waals surface area contributed by atoms with Crippen LogP contribution in [0.5, 0.6) is 0 Å². The van der Waals surface area contributed by atoms with E-state index in [1.807, 2.05) is 33.0 Å². The molecule has 8 nitrogen and oxygen atoms in total. The average molecular weight is 399 g/mol. The summed E-state index contributed by atoms with van der Waals surface area (Å²) in [4.78, 5) is 24.7. The quantitative estimate of drug-likeness (QED) is 0.592. The van der Waals surface area contributed by atoms with Gasteiger partial charge in [0.2, 0.25) is 5.91 Å². The largest absolute Gasteiger partial charge is 0.464 e. The van der Waals surface area contributed by atoms with E-state index in [0.717, 1.165) is 5.76 Å². The molecule has 0 fully saturated rings. The van der Waals surface area contributed by atoms with Crippen molar-refractivity contribution in [1.82, 2.24) is 20.1 Å². The number of hydrogen-bond acceptors (Lipinski definition) is 6. The molecule has 0 spiro atoms. The van der Waals surface area contributed by atoms with Gasteiger partial charge in [-0.25, -0.2) is 0 Å². The van der Waals surface area contributed by atoms with E-state index in [4.69, 9.17) is 4.42 Å². The molecule has 146 valence electrons. The van der Waals surface area contributed by atoms with E-state index >= 15 is 0 Å². The van der Waals surface area contributed by atoms with Gasteiger partial charge in [0.1, 0.15) is 17.8 Å². The fourth-order valence-electron chi connectivity index (χ4n) is 2.51. The maximum Gasteiger partial charge on any atom is 0.251 e. The molecule has 9 heteroatoms. The van der Waals surface area contributed by atoms with Gasteiger partial charge in [0.05, 0.1) is 11.8 Å².